The van der Waals surface area contributed by atoms with Gasteiger partial charge in [0.15, 0.2) is 0 Å². The van der Waals surface area contributed by atoms with E-state index in [4.69, 9.17) is 0 Å². The molecule has 1 aromatic rings. The summed E-state index contributed by atoms with van der Waals surface area (Å²) in [6.07, 6.45) is 5.35. The van der Waals surface area contributed by atoms with Crippen LogP contribution in [0.25, 0.3) is 6.08 Å². The Bertz CT molecular complexity index is 297. The third-order valence-electron chi connectivity index (χ3n) is 1.43. The highest BCUT2D eigenvalue weighted by Gasteiger charge is 1.96. The third-order valence-corrected chi connectivity index (χ3v) is 1.81. The largest absolute Gasteiger partial charge is 0.227 e. The Labute approximate surface area is 79.5 Å². The summed E-state index contributed by atoms with van der Waals surface area (Å²) in [5, 5.41) is 0.795. The van der Waals surface area contributed by atoms with E-state index in [9.17, 15) is 4.39 Å². The predicted octanol–water partition coefficient (Wildman–Crippen LogP) is 2.94. The molecule has 0 aliphatic heterocycles. The maximum Gasteiger partial charge on any atom is 0.215 e. The standard InChI is InChI=1S/C9H9BrFN/c1-7-5-8(3-2-4-10)6-12-9(7)11/h2-3,5-6H,4H2,1H3. The summed E-state index contributed by atoms with van der Waals surface area (Å²) < 4.78 is 12.7. The van der Waals surface area contributed by atoms with Crippen LogP contribution in [-0.2, 0) is 0 Å². The molecular weight excluding hydrogens is 221 g/mol. The van der Waals surface area contributed by atoms with E-state index in [0.717, 1.165) is 10.9 Å². The minimum atomic E-state index is -0.397. The number of hydrogen-bond donors (Lipinski definition) is 0. The van der Waals surface area contributed by atoms with Gasteiger partial charge in [0.2, 0.25) is 5.95 Å². The highest BCUT2D eigenvalue weighted by molar-refractivity contribution is 9.09. The molecule has 12 heavy (non-hydrogen) atoms. The van der Waals surface area contributed by atoms with Crippen LogP contribution in [0.3, 0.4) is 0 Å². The van der Waals surface area contributed by atoms with Gasteiger partial charge in [-0.1, -0.05) is 28.1 Å². The van der Waals surface area contributed by atoms with Gasteiger partial charge in [0, 0.05) is 17.1 Å². The van der Waals surface area contributed by atoms with E-state index >= 15 is 0 Å². The van der Waals surface area contributed by atoms with Gasteiger partial charge >= 0.3 is 0 Å². The van der Waals surface area contributed by atoms with Crippen molar-refractivity contribution in [1.82, 2.24) is 4.98 Å². The number of rotatable bonds is 2. The second-order valence-electron chi connectivity index (χ2n) is 2.43. The van der Waals surface area contributed by atoms with Gasteiger partial charge in [-0.15, -0.1) is 0 Å². The van der Waals surface area contributed by atoms with Gasteiger partial charge in [0.25, 0.3) is 0 Å². The molecule has 64 valence electrons. The highest BCUT2D eigenvalue weighted by Crippen LogP contribution is 2.07. The first-order valence-corrected chi connectivity index (χ1v) is 4.71. The lowest BCUT2D eigenvalue weighted by Gasteiger charge is -1.96. The molecule has 0 N–H and O–H groups in total. The average Bonchev–Trinajstić information content (AvgIpc) is 2.07. The van der Waals surface area contributed by atoms with E-state index < -0.39 is 5.95 Å². The number of aryl methyl sites for hydroxylation is 1. The molecule has 0 fully saturated rings. The first kappa shape index (κ1) is 9.39. The van der Waals surface area contributed by atoms with E-state index in [0.29, 0.717) is 5.56 Å². The van der Waals surface area contributed by atoms with Crippen LogP contribution in [0, 0.1) is 12.9 Å². The zero-order valence-corrected chi connectivity index (χ0v) is 8.31. The fraction of sp³-hybridized carbons (Fsp3) is 0.222. The third kappa shape index (κ3) is 2.41. The van der Waals surface area contributed by atoms with Gasteiger partial charge in [0.1, 0.15) is 0 Å². The van der Waals surface area contributed by atoms with Crippen molar-refractivity contribution in [3.05, 3.63) is 35.4 Å². The van der Waals surface area contributed by atoms with Crippen molar-refractivity contribution in [2.45, 2.75) is 6.92 Å². The van der Waals surface area contributed by atoms with Crippen LogP contribution < -0.4 is 0 Å². The number of aromatic nitrogens is 1. The molecule has 0 aliphatic carbocycles. The van der Waals surface area contributed by atoms with Gasteiger partial charge in [0.05, 0.1) is 0 Å². The Morgan fingerprint density at radius 2 is 2.42 bits per heavy atom. The topological polar surface area (TPSA) is 12.9 Å². The van der Waals surface area contributed by atoms with E-state index in [2.05, 4.69) is 20.9 Å². The van der Waals surface area contributed by atoms with Crippen molar-refractivity contribution in [1.29, 1.82) is 0 Å². The quantitative estimate of drug-likeness (QED) is 0.562. The molecule has 0 aliphatic rings. The smallest absolute Gasteiger partial charge is 0.215 e. The minimum absolute atomic E-state index is 0.397. The first-order valence-electron chi connectivity index (χ1n) is 3.58. The summed E-state index contributed by atoms with van der Waals surface area (Å²) in [5.74, 6) is -0.397. The molecule has 1 nitrogen and oxygen atoms in total. The summed E-state index contributed by atoms with van der Waals surface area (Å²) in [7, 11) is 0. The molecule has 0 aromatic carbocycles. The molecule has 0 spiro atoms. The van der Waals surface area contributed by atoms with Crippen molar-refractivity contribution < 1.29 is 4.39 Å². The van der Waals surface area contributed by atoms with Crippen LogP contribution in [0.15, 0.2) is 18.3 Å². The van der Waals surface area contributed by atoms with Crippen LogP contribution in [0.5, 0.6) is 0 Å². The molecule has 3 heteroatoms. The zero-order chi connectivity index (χ0) is 8.97. The number of allylic oxidation sites excluding steroid dienone is 1. The molecule has 0 saturated carbocycles. The molecule has 0 saturated heterocycles. The van der Waals surface area contributed by atoms with Crippen molar-refractivity contribution >= 4 is 22.0 Å². The molecule has 1 heterocycles. The number of halogens is 2. The Kier molecular flexibility index (Phi) is 3.41. The molecule has 0 amide bonds. The maximum atomic E-state index is 12.7. The van der Waals surface area contributed by atoms with E-state index in [-0.39, 0.29) is 0 Å². The summed E-state index contributed by atoms with van der Waals surface area (Å²) >= 11 is 3.26. The lowest BCUT2D eigenvalue weighted by Crippen LogP contribution is -1.88. The minimum Gasteiger partial charge on any atom is -0.227 e. The Hall–Kier alpha value is -0.700. The summed E-state index contributed by atoms with van der Waals surface area (Å²) in [4.78, 5) is 3.60. The SMILES string of the molecule is Cc1cc(C=CCBr)cnc1F. The van der Waals surface area contributed by atoms with E-state index in [1.807, 2.05) is 12.2 Å². The second kappa shape index (κ2) is 4.36. The number of hydrogen-bond acceptors (Lipinski definition) is 1. The summed E-state index contributed by atoms with van der Waals surface area (Å²) in [6.45, 7) is 1.70. The van der Waals surface area contributed by atoms with Crippen LogP contribution in [0.2, 0.25) is 0 Å². The molecule has 0 atom stereocenters. The fourth-order valence-electron chi connectivity index (χ4n) is 0.852. The number of nitrogens with zero attached hydrogens (tertiary/aromatic N) is 1. The van der Waals surface area contributed by atoms with Gasteiger partial charge in [-0.05, 0) is 18.6 Å². The van der Waals surface area contributed by atoms with Crippen molar-refractivity contribution in [3.8, 4) is 0 Å². The predicted molar refractivity (Wildman–Crippen MR) is 51.8 cm³/mol. The molecule has 1 aromatic heterocycles. The van der Waals surface area contributed by atoms with Gasteiger partial charge in [-0.25, -0.2) is 4.98 Å². The number of pyridine rings is 1. The maximum absolute atomic E-state index is 12.7. The molecule has 0 bridgehead atoms. The highest BCUT2D eigenvalue weighted by atomic mass is 79.9. The fourth-order valence-corrected chi connectivity index (χ4v) is 1.04. The average molecular weight is 230 g/mol. The summed E-state index contributed by atoms with van der Waals surface area (Å²) in [5.41, 5.74) is 1.50. The monoisotopic (exact) mass is 229 g/mol. The van der Waals surface area contributed by atoms with Crippen LogP contribution in [0.4, 0.5) is 4.39 Å². The second-order valence-corrected chi connectivity index (χ2v) is 3.08. The Morgan fingerprint density at radius 3 is 3.00 bits per heavy atom. The molecule has 0 unspecified atom stereocenters. The van der Waals surface area contributed by atoms with Gasteiger partial charge in [-0.2, -0.15) is 4.39 Å². The zero-order valence-electron chi connectivity index (χ0n) is 6.72. The Morgan fingerprint density at radius 1 is 1.67 bits per heavy atom. The summed E-state index contributed by atoms with van der Waals surface area (Å²) in [6, 6.07) is 1.77. The lowest BCUT2D eigenvalue weighted by molar-refractivity contribution is 0.574. The van der Waals surface area contributed by atoms with Crippen LogP contribution in [-0.4, -0.2) is 10.3 Å². The van der Waals surface area contributed by atoms with Crippen molar-refractivity contribution in [2.24, 2.45) is 0 Å². The van der Waals surface area contributed by atoms with Gasteiger partial charge in [-0.3, -0.25) is 0 Å². The molecule has 0 radical (unpaired) electrons. The van der Waals surface area contributed by atoms with E-state index in [1.54, 1.807) is 13.0 Å². The van der Waals surface area contributed by atoms with Gasteiger partial charge < -0.3 is 0 Å². The molecular formula is C9H9BrFN. The van der Waals surface area contributed by atoms with Crippen LogP contribution >= 0.6 is 15.9 Å². The first-order chi connectivity index (χ1) is 5.74. The Balaban J connectivity index is 2.89. The lowest BCUT2D eigenvalue weighted by atomic mass is 10.2. The molecule has 1 rings (SSSR count). The van der Waals surface area contributed by atoms with Crippen molar-refractivity contribution in [2.75, 3.05) is 5.33 Å². The van der Waals surface area contributed by atoms with Crippen molar-refractivity contribution in [3.63, 3.8) is 0 Å². The number of alkyl halides is 1. The van der Waals surface area contributed by atoms with Crippen LogP contribution in [0.1, 0.15) is 11.1 Å². The van der Waals surface area contributed by atoms with E-state index in [1.165, 1.54) is 6.20 Å². The normalized spacial score (nSPS) is 10.9.